The molecule has 0 unspecified atom stereocenters. The first kappa shape index (κ1) is 25.7. The molecule has 0 atom stereocenters. The van der Waals surface area contributed by atoms with Crippen LogP contribution in [0.2, 0.25) is 0 Å². The molecule has 0 heterocycles. The molecule has 0 bridgehead atoms. The Morgan fingerprint density at radius 3 is 2.28 bits per heavy atom. The van der Waals surface area contributed by atoms with Crippen molar-refractivity contribution in [3.63, 3.8) is 0 Å². The summed E-state index contributed by atoms with van der Waals surface area (Å²) >= 11 is 0. The van der Waals surface area contributed by atoms with E-state index in [1.54, 1.807) is 0 Å². The largest absolute Gasteiger partial charge is 0.489 e. The molecule has 1 aliphatic carbocycles. The lowest BCUT2D eigenvalue weighted by molar-refractivity contribution is -0.138. The molecule has 0 aliphatic heterocycles. The van der Waals surface area contributed by atoms with E-state index >= 15 is 0 Å². The molecule has 0 aromatic heterocycles. The van der Waals surface area contributed by atoms with Gasteiger partial charge in [-0.05, 0) is 65.5 Å². The van der Waals surface area contributed by atoms with Gasteiger partial charge in [-0.15, -0.1) is 0 Å². The van der Waals surface area contributed by atoms with Crippen molar-refractivity contribution in [2.45, 2.75) is 50.9 Å². The maximum absolute atomic E-state index is 11.4. The second kappa shape index (κ2) is 13.1. The predicted octanol–water partition coefficient (Wildman–Crippen LogP) is 7.10. The van der Waals surface area contributed by atoms with Crippen molar-refractivity contribution < 1.29 is 19.4 Å². The molecule has 36 heavy (non-hydrogen) atoms. The molecule has 188 valence electrons. The minimum absolute atomic E-state index is 0.161. The number of aryl methyl sites for hydroxylation is 1. The minimum Gasteiger partial charge on any atom is -0.489 e. The number of carbonyl (C=O) groups is 1. The first-order chi connectivity index (χ1) is 17.7. The van der Waals surface area contributed by atoms with E-state index in [0.717, 1.165) is 46.9 Å². The lowest BCUT2D eigenvalue weighted by Gasteiger charge is -2.22. The summed E-state index contributed by atoms with van der Waals surface area (Å²) in [7, 11) is 0. The van der Waals surface area contributed by atoms with E-state index in [4.69, 9.17) is 14.6 Å². The monoisotopic (exact) mass is 484 g/mol. The fraction of sp³-hybridized carbons (Fsp3) is 0.344. The zero-order valence-electron chi connectivity index (χ0n) is 21.0. The summed E-state index contributed by atoms with van der Waals surface area (Å²) in [6, 6.07) is 23.6. The van der Waals surface area contributed by atoms with E-state index < -0.39 is 5.97 Å². The fourth-order valence-corrected chi connectivity index (χ4v) is 4.93. The van der Waals surface area contributed by atoms with E-state index in [0.29, 0.717) is 5.92 Å². The number of esters is 1. The highest BCUT2D eigenvalue weighted by Crippen LogP contribution is 2.37. The third-order valence-corrected chi connectivity index (χ3v) is 6.94. The number of benzene rings is 3. The summed E-state index contributed by atoms with van der Waals surface area (Å²) in [6.45, 7) is 4.06. The second-order valence-corrected chi connectivity index (χ2v) is 9.41. The van der Waals surface area contributed by atoms with Crippen molar-refractivity contribution in [3.8, 4) is 28.0 Å². The van der Waals surface area contributed by atoms with Crippen molar-refractivity contribution in [2.24, 2.45) is 0 Å². The van der Waals surface area contributed by atoms with Gasteiger partial charge in [0.05, 0.1) is 0 Å². The highest BCUT2D eigenvalue weighted by molar-refractivity contribution is 5.81. The first-order valence-electron chi connectivity index (χ1n) is 13.0. The van der Waals surface area contributed by atoms with Gasteiger partial charge in [0.15, 0.2) is 0 Å². The number of aliphatic hydroxyl groups is 1. The highest BCUT2D eigenvalue weighted by Gasteiger charge is 2.16. The van der Waals surface area contributed by atoms with Gasteiger partial charge < -0.3 is 14.6 Å². The SMILES string of the molecule is C=CC(=O)OCCOc1cc(-c2ccc(CCCO)cc2)ccc1-c1ccc(C2CCCCC2)cc1. The Morgan fingerprint density at radius 1 is 0.889 bits per heavy atom. The maximum Gasteiger partial charge on any atom is 0.330 e. The van der Waals surface area contributed by atoms with E-state index in [-0.39, 0.29) is 19.8 Å². The first-order valence-corrected chi connectivity index (χ1v) is 13.0. The summed E-state index contributed by atoms with van der Waals surface area (Å²) in [5.41, 5.74) is 6.93. The molecule has 0 spiro atoms. The molecule has 0 saturated heterocycles. The van der Waals surface area contributed by atoms with Crippen molar-refractivity contribution >= 4 is 5.97 Å². The van der Waals surface area contributed by atoms with Gasteiger partial charge in [-0.3, -0.25) is 0 Å². The molecule has 3 aromatic carbocycles. The lowest BCUT2D eigenvalue weighted by atomic mass is 9.83. The van der Waals surface area contributed by atoms with E-state index in [1.165, 1.54) is 43.2 Å². The van der Waals surface area contributed by atoms with Crippen LogP contribution in [0.4, 0.5) is 0 Å². The zero-order chi connectivity index (χ0) is 25.2. The second-order valence-electron chi connectivity index (χ2n) is 9.41. The molecular weight excluding hydrogens is 448 g/mol. The molecule has 1 fully saturated rings. The number of hydrogen-bond acceptors (Lipinski definition) is 4. The molecule has 0 radical (unpaired) electrons. The van der Waals surface area contributed by atoms with E-state index in [2.05, 4.69) is 73.3 Å². The molecule has 3 aromatic rings. The van der Waals surface area contributed by atoms with E-state index in [1.807, 2.05) is 0 Å². The van der Waals surface area contributed by atoms with Crippen LogP contribution in [0, 0.1) is 0 Å². The summed E-state index contributed by atoms with van der Waals surface area (Å²) in [5, 5.41) is 9.08. The Kier molecular flexibility index (Phi) is 9.34. The van der Waals surface area contributed by atoms with Crippen LogP contribution >= 0.6 is 0 Å². The van der Waals surface area contributed by atoms with Crippen molar-refractivity contribution in [1.29, 1.82) is 0 Å². The standard InChI is InChI=1S/C32H36O4/c1-2-32(34)36-22-21-35-31-23-29(27-12-10-24(11-13-27)7-6-20-33)18-19-30(31)28-16-14-26(15-17-28)25-8-4-3-5-9-25/h2,10-19,23,25,33H,1,3-9,20-22H2. The van der Waals surface area contributed by atoms with Crippen LogP contribution in [0.3, 0.4) is 0 Å². The van der Waals surface area contributed by atoms with Gasteiger partial charge in [-0.25, -0.2) is 4.79 Å². The average Bonchev–Trinajstić information content (AvgIpc) is 2.95. The number of carbonyl (C=O) groups excluding carboxylic acids is 1. The zero-order valence-corrected chi connectivity index (χ0v) is 21.0. The Bertz CT molecular complexity index is 1130. The van der Waals surface area contributed by atoms with Crippen molar-refractivity contribution in [1.82, 2.24) is 0 Å². The minimum atomic E-state index is -0.452. The average molecular weight is 485 g/mol. The van der Waals surface area contributed by atoms with Crippen molar-refractivity contribution in [2.75, 3.05) is 19.8 Å². The Morgan fingerprint density at radius 2 is 1.58 bits per heavy atom. The Hall–Kier alpha value is -3.37. The van der Waals surface area contributed by atoms with Crippen LogP contribution in [-0.4, -0.2) is 30.9 Å². The summed E-state index contributed by atoms with van der Waals surface area (Å²) in [5.74, 6) is 0.981. The third-order valence-electron chi connectivity index (χ3n) is 6.94. The number of hydrogen-bond donors (Lipinski definition) is 1. The molecule has 1 N–H and O–H groups in total. The molecule has 1 saturated carbocycles. The molecule has 1 aliphatic rings. The van der Waals surface area contributed by atoms with Gasteiger partial charge in [-0.2, -0.15) is 0 Å². The Balaban J connectivity index is 1.56. The van der Waals surface area contributed by atoms with Gasteiger partial charge in [0.1, 0.15) is 19.0 Å². The van der Waals surface area contributed by atoms with Crippen LogP contribution in [0.5, 0.6) is 5.75 Å². The molecule has 4 heteroatoms. The molecular formula is C32H36O4. The molecule has 4 rings (SSSR count). The summed E-state index contributed by atoms with van der Waals surface area (Å²) < 4.78 is 11.2. The van der Waals surface area contributed by atoms with Gasteiger partial charge >= 0.3 is 5.97 Å². The lowest BCUT2D eigenvalue weighted by Crippen LogP contribution is -2.10. The topological polar surface area (TPSA) is 55.8 Å². The van der Waals surface area contributed by atoms with Gasteiger partial charge in [0, 0.05) is 18.2 Å². The third kappa shape index (κ3) is 6.86. The van der Waals surface area contributed by atoms with Gasteiger partial charge in [-0.1, -0.05) is 86.5 Å². The van der Waals surface area contributed by atoms with Crippen LogP contribution in [0.1, 0.15) is 55.6 Å². The van der Waals surface area contributed by atoms with Gasteiger partial charge in [0.2, 0.25) is 0 Å². The van der Waals surface area contributed by atoms with E-state index in [9.17, 15) is 4.79 Å². The predicted molar refractivity (Wildman–Crippen MR) is 145 cm³/mol. The van der Waals surface area contributed by atoms with Crippen LogP contribution in [-0.2, 0) is 16.0 Å². The van der Waals surface area contributed by atoms with Crippen LogP contribution in [0.25, 0.3) is 22.3 Å². The number of aliphatic hydroxyl groups excluding tert-OH is 1. The Labute approximate surface area is 214 Å². The number of rotatable bonds is 11. The summed E-state index contributed by atoms with van der Waals surface area (Å²) in [6.07, 6.45) is 9.36. The fourth-order valence-electron chi connectivity index (χ4n) is 4.93. The quantitative estimate of drug-likeness (QED) is 0.179. The normalized spacial score (nSPS) is 13.8. The van der Waals surface area contributed by atoms with Crippen LogP contribution in [0.15, 0.2) is 79.4 Å². The van der Waals surface area contributed by atoms with Gasteiger partial charge in [0.25, 0.3) is 0 Å². The maximum atomic E-state index is 11.4. The van der Waals surface area contributed by atoms with Crippen molar-refractivity contribution in [3.05, 3.63) is 90.5 Å². The molecule has 0 amide bonds. The van der Waals surface area contributed by atoms with Crippen LogP contribution < -0.4 is 4.74 Å². The number of ether oxygens (including phenoxy) is 2. The summed E-state index contributed by atoms with van der Waals surface area (Å²) in [4.78, 5) is 11.4. The highest BCUT2D eigenvalue weighted by atomic mass is 16.6. The smallest absolute Gasteiger partial charge is 0.330 e. The molecule has 4 nitrogen and oxygen atoms in total.